The summed E-state index contributed by atoms with van der Waals surface area (Å²) in [6.07, 6.45) is 3.61. The van der Waals surface area contributed by atoms with Crippen LogP contribution in [0.5, 0.6) is 5.75 Å². The fraction of sp³-hybridized carbons (Fsp3) is 0.500. The molecule has 1 aromatic carbocycles. The SMILES string of the molecule is COc1ccc(NC(C)=O)cc1NC(=O)CCC1CCCN1.Cl. The fourth-order valence-electron chi connectivity index (χ4n) is 2.61. The molecule has 0 aliphatic carbocycles. The molecule has 23 heavy (non-hydrogen) atoms. The van der Waals surface area contributed by atoms with E-state index in [9.17, 15) is 9.59 Å². The molecule has 1 aliphatic rings. The molecule has 1 unspecified atom stereocenters. The second-order valence-corrected chi connectivity index (χ2v) is 5.48. The van der Waals surface area contributed by atoms with Crippen LogP contribution in [0.4, 0.5) is 11.4 Å². The third kappa shape index (κ3) is 6.08. The van der Waals surface area contributed by atoms with E-state index in [0.717, 1.165) is 19.4 Å². The van der Waals surface area contributed by atoms with Crippen LogP contribution in [-0.4, -0.2) is 31.5 Å². The van der Waals surface area contributed by atoms with Gasteiger partial charge >= 0.3 is 0 Å². The van der Waals surface area contributed by atoms with Crippen molar-refractivity contribution in [1.82, 2.24) is 5.32 Å². The van der Waals surface area contributed by atoms with Crippen molar-refractivity contribution in [3.05, 3.63) is 18.2 Å². The summed E-state index contributed by atoms with van der Waals surface area (Å²) in [5.74, 6) is 0.364. The van der Waals surface area contributed by atoms with Crippen molar-refractivity contribution in [2.75, 3.05) is 24.3 Å². The Hall–Kier alpha value is -1.79. The molecule has 0 saturated carbocycles. The number of amides is 2. The Morgan fingerprint density at radius 2 is 2.13 bits per heavy atom. The van der Waals surface area contributed by atoms with E-state index in [1.807, 2.05) is 0 Å². The molecule has 128 valence electrons. The Bertz CT molecular complexity index is 545. The quantitative estimate of drug-likeness (QED) is 0.743. The van der Waals surface area contributed by atoms with Gasteiger partial charge in [-0.1, -0.05) is 0 Å². The van der Waals surface area contributed by atoms with Crippen molar-refractivity contribution in [3.63, 3.8) is 0 Å². The summed E-state index contributed by atoms with van der Waals surface area (Å²) in [5, 5.41) is 8.92. The number of nitrogens with one attached hydrogen (secondary N) is 3. The molecule has 0 bridgehead atoms. The molecule has 0 radical (unpaired) electrons. The van der Waals surface area contributed by atoms with Gasteiger partial charge in [-0.25, -0.2) is 0 Å². The van der Waals surface area contributed by atoms with Crippen molar-refractivity contribution < 1.29 is 14.3 Å². The van der Waals surface area contributed by atoms with Crippen LogP contribution in [0, 0.1) is 0 Å². The molecule has 1 atom stereocenters. The number of carbonyl (C=O) groups excluding carboxylic acids is 2. The second kappa shape index (κ2) is 9.37. The minimum Gasteiger partial charge on any atom is -0.495 e. The van der Waals surface area contributed by atoms with Crippen molar-refractivity contribution in [2.45, 2.75) is 38.6 Å². The van der Waals surface area contributed by atoms with Crippen molar-refractivity contribution >= 4 is 35.6 Å². The highest BCUT2D eigenvalue weighted by molar-refractivity contribution is 5.94. The third-order valence-electron chi connectivity index (χ3n) is 3.68. The van der Waals surface area contributed by atoms with Crippen LogP contribution in [-0.2, 0) is 9.59 Å². The van der Waals surface area contributed by atoms with Gasteiger partial charge < -0.3 is 20.7 Å². The lowest BCUT2D eigenvalue weighted by atomic mass is 10.1. The van der Waals surface area contributed by atoms with Gasteiger partial charge in [-0.05, 0) is 44.0 Å². The van der Waals surface area contributed by atoms with Gasteiger partial charge in [0.05, 0.1) is 12.8 Å². The fourth-order valence-corrected chi connectivity index (χ4v) is 2.61. The number of hydrogen-bond acceptors (Lipinski definition) is 4. The number of anilines is 2. The molecule has 1 fully saturated rings. The molecule has 1 saturated heterocycles. The Morgan fingerprint density at radius 3 is 2.74 bits per heavy atom. The number of hydrogen-bond donors (Lipinski definition) is 3. The molecule has 2 amide bonds. The first-order valence-electron chi connectivity index (χ1n) is 7.57. The lowest BCUT2D eigenvalue weighted by Gasteiger charge is -2.13. The average molecular weight is 342 g/mol. The van der Waals surface area contributed by atoms with E-state index < -0.39 is 0 Å². The number of ether oxygens (including phenoxy) is 1. The lowest BCUT2D eigenvalue weighted by molar-refractivity contribution is -0.116. The van der Waals surface area contributed by atoms with Gasteiger partial charge in [0.15, 0.2) is 0 Å². The van der Waals surface area contributed by atoms with E-state index in [0.29, 0.717) is 29.6 Å². The minimum atomic E-state index is -0.158. The minimum absolute atomic E-state index is 0. The molecular weight excluding hydrogens is 318 g/mol. The highest BCUT2D eigenvalue weighted by atomic mass is 35.5. The Labute approximate surface area is 142 Å². The van der Waals surface area contributed by atoms with Gasteiger partial charge in [0.1, 0.15) is 5.75 Å². The summed E-state index contributed by atoms with van der Waals surface area (Å²) in [6.45, 7) is 2.48. The monoisotopic (exact) mass is 341 g/mol. The maximum Gasteiger partial charge on any atom is 0.224 e. The molecule has 2 rings (SSSR count). The Morgan fingerprint density at radius 1 is 1.35 bits per heavy atom. The van der Waals surface area contributed by atoms with Gasteiger partial charge in [-0.2, -0.15) is 0 Å². The Kier molecular flexibility index (Phi) is 7.85. The van der Waals surface area contributed by atoms with Crippen LogP contribution >= 0.6 is 12.4 Å². The molecule has 6 nitrogen and oxygen atoms in total. The van der Waals surface area contributed by atoms with E-state index in [-0.39, 0.29) is 24.2 Å². The standard InChI is InChI=1S/C16H23N3O3.ClH/c1-11(20)18-13-5-7-15(22-2)14(10-13)19-16(21)8-6-12-4-3-9-17-12;/h5,7,10,12,17H,3-4,6,8-9H2,1-2H3,(H,18,20)(H,19,21);1H. The lowest BCUT2D eigenvalue weighted by Crippen LogP contribution is -2.23. The van der Waals surface area contributed by atoms with Crippen LogP contribution in [0.3, 0.4) is 0 Å². The average Bonchev–Trinajstić information content (AvgIpc) is 2.98. The highest BCUT2D eigenvalue weighted by Gasteiger charge is 2.16. The molecule has 1 aliphatic heterocycles. The zero-order chi connectivity index (χ0) is 15.9. The summed E-state index contributed by atoms with van der Waals surface area (Å²) in [6, 6.07) is 5.60. The van der Waals surface area contributed by atoms with Gasteiger partial charge in [0.2, 0.25) is 11.8 Å². The van der Waals surface area contributed by atoms with Crippen molar-refractivity contribution in [2.24, 2.45) is 0 Å². The number of benzene rings is 1. The summed E-state index contributed by atoms with van der Waals surface area (Å²) < 4.78 is 5.24. The molecule has 0 aromatic heterocycles. The smallest absolute Gasteiger partial charge is 0.224 e. The topological polar surface area (TPSA) is 79.5 Å². The highest BCUT2D eigenvalue weighted by Crippen LogP contribution is 2.28. The summed E-state index contributed by atoms with van der Waals surface area (Å²) in [5.41, 5.74) is 1.19. The molecule has 7 heteroatoms. The van der Waals surface area contributed by atoms with E-state index in [4.69, 9.17) is 4.74 Å². The first-order chi connectivity index (χ1) is 10.6. The summed E-state index contributed by atoms with van der Waals surface area (Å²) in [4.78, 5) is 23.2. The number of carbonyl (C=O) groups is 2. The first kappa shape index (κ1) is 19.3. The van der Waals surface area contributed by atoms with Crippen molar-refractivity contribution in [3.8, 4) is 5.75 Å². The normalized spacial score (nSPS) is 16.3. The maximum absolute atomic E-state index is 12.1. The van der Waals surface area contributed by atoms with E-state index in [1.165, 1.54) is 13.3 Å². The zero-order valence-corrected chi connectivity index (χ0v) is 14.3. The summed E-state index contributed by atoms with van der Waals surface area (Å²) in [7, 11) is 1.55. The van der Waals surface area contributed by atoms with Gasteiger partial charge in [0.25, 0.3) is 0 Å². The second-order valence-electron chi connectivity index (χ2n) is 5.48. The molecule has 1 aromatic rings. The zero-order valence-electron chi connectivity index (χ0n) is 13.5. The van der Waals surface area contributed by atoms with E-state index >= 15 is 0 Å². The van der Waals surface area contributed by atoms with Crippen LogP contribution < -0.4 is 20.7 Å². The van der Waals surface area contributed by atoms with E-state index in [1.54, 1.807) is 25.3 Å². The van der Waals surface area contributed by atoms with Crippen LogP contribution in [0.1, 0.15) is 32.6 Å². The third-order valence-corrected chi connectivity index (χ3v) is 3.68. The molecule has 0 spiro atoms. The van der Waals surface area contributed by atoms with Gasteiger partial charge in [-0.15, -0.1) is 12.4 Å². The van der Waals surface area contributed by atoms with Crippen molar-refractivity contribution in [1.29, 1.82) is 0 Å². The van der Waals surface area contributed by atoms with Gasteiger partial charge in [-0.3, -0.25) is 9.59 Å². The first-order valence-corrected chi connectivity index (χ1v) is 7.57. The van der Waals surface area contributed by atoms with Gasteiger partial charge in [0, 0.05) is 25.1 Å². The molecule has 1 heterocycles. The largest absolute Gasteiger partial charge is 0.495 e. The van der Waals surface area contributed by atoms with Crippen LogP contribution in [0.15, 0.2) is 18.2 Å². The van der Waals surface area contributed by atoms with Crippen LogP contribution in [0.25, 0.3) is 0 Å². The molecule has 3 N–H and O–H groups in total. The number of methoxy groups -OCH3 is 1. The number of rotatable bonds is 6. The number of halogens is 1. The Balaban J connectivity index is 0.00000264. The molecular formula is C16H24ClN3O3. The predicted molar refractivity (Wildman–Crippen MR) is 93.4 cm³/mol. The van der Waals surface area contributed by atoms with Crippen LogP contribution in [0.2, 0.25) is 0 Å². The maximum atomic E-state index is 12.1. The predicted octanol–water partition coefficient (Wildman–Crippen LogP) is 2.55. The summed E-state index contributed by atoms with van der Waals surface area (Å²) >= 11 is 0. The van der Waals surface area contributed by atoms with E-state index in [2.05, 4.69) is 16.0 Å².